The molecule has 1 aromatic carbocycles. The first kappa shape index (κ1) is 17.1. The molecule has 2 aliphatic heterocycles. The minimum atomic E-state index is -0.504. The summed E-state index contributed by atoms with van der Waals surface area (Å²) in [7, 11) is 0. The Labute approximate surface area is 150 Å². The first-order chi connectivity index (χ1) is 11.2. The van der Waals surface area contributed by atoms with Crippen LogP contribution in [0.5, 0.6) is 0 Å². The van der Waals surface area contributed by atoms with Crippen LogP contribution in [-0.4, -0.2) is 41.3 Å². The lowest BCUT2D eigenvalue weighted by Crippen LogP contribution is -2.62. The molecule has 0 unspecified atom stereocenters. The number of anilines is 1. The molecule has 0 aromatic heterocycles. The van der Waals surface area contributed by atoms with E-state index in [4.69, 9.17) is 4.74 Å². The third-order valence-electron chi connectivity index (χ3n) is 4.22. The van der Waals surface area contributed by atoms with E-state index >= 15 is 0 Å². The fourth-order valence-corrected chi connectivity index (χ4v) is 3.40. The Kier molecular flexibility index (Phi) is 4.23. The first-order valence-corrected chi connectivity index (χ1v) is 8.85. The summed E-state index contributed by atoms with van der Waals surface area (Å²) in [6.07, 6.45) is 0.963. The number of benzene rings is 1. The standard InChI is InChI=1S/C17H22BrN3O3/c1-16(2,3)24-15(23)21-8-6-17(7-9-21)19-13-5-4-11(18)10-12(13)14(22)20-17/h4-5,10,19H,6-9H2,1-3H3,(H,20,22). The average molecular weight is 396 g/mol. The Balaban J connectivity index is 1.69. The summed E-state index contributed by atoms with van der Waals surface area (Å²) >= 11 is 3.39. The molecule has 0 radical (unpaired) electrons. The van der Waals surface area contributed by atoms with Crippen molar-refractivity contribution in [3.05, 3.63) is 28.2 Å². The summed E-state index contributed by atoms with van der Waals surface area (Å²) in [4.78, 5) is 26.3. The minimum absolute atomic E-state index is 0.0873. The molecule has 2 N–H and O–H groups in total. The van der Waals surface area contributed by atoms with Gasteiger partial charge >= 0.3 is 6.09 Å². The number of piperidine rings is 1. The summed E-state index contributed by atoms with van der Waals surface area (Å²) in [6.45, 7) is 6.64. The average Bonchev–Trinajstić information content (AvgIpc) is 2.47. The number of amides is 2. The van der Waals surface area contributed by atoms with Crippen molar-refractivity contribution >= 4 is 33.6 Å². The molecular formula is C17H22BrN3O3. The second-order valence-electron chi connectivity index (χ2n) is 7.32. The number of nitrogens with zero attached hydrogens (tertiary/aromatic N) is 1. The molecule has 0 aliphatic carbocycles. The molecule has 0 bridgehead atoms. The van der Waals surface area contributed by atoms with Gasteiger partial charge in [-0.2, -0.15) is 0 Å². The van der Waals surface area contributed by atoms with Crippen LogP contribution in [-0.2, 0) is 4.74 Å². The van der Waals surface area contributed by atoms with Crippen LogP contribution in [0.15, 0.2) is 22.7 Å². The fourth-order valence-electron chi connectivity index (χ4n) is 3.03. The van der Waals surface area contributed by atoms with E-state index in [-0.39, 0.29) is 12.0 Å². The lowest BCUT2D eigenvalue weighted by Gasteiger charge is -2.45. The van der Waals surface area contributed by atoms with Gasteiger partial charge in [0.1, 0.15) is 11.3 Å². The maximum Gasteiger partial charge on any atom is 0.410 e. The zero-order valence-corrected chi connectivity index (χ0v) is 15.7. The van der Waals surface area contributed by atoms with Gasteiger partial charge in [0.15, 0.2) is 0 Å². The molecule has 24 heavy (non-hydrogen) atoms. The van der Waals surface area contributed by atoms with Gasteiger partial charge in [0.2, 0.25) is 0 Å². The molecule has 1 fully saturated rings. The Morgan fingerprint density at radius 1 is 1.25 bits per heavy atom. The van der Waals surface area contributed by atoms with Crippen LogP contribution in [0.4, 0.5) is 10.5 Å². The normalized spacial score (nSPS) is 19.3. The highest BCUT2D eigenvalue weighted by Gasteiger charge is 2.41. The molecule has 7 heteroatoms. The summed E-state index contributed by atoms with van der Waals surface area (Å²) in [5.41, 5.74) is 0.448. The molecule has 130 valence electrons. The van der Waals surface area contributed by atoms with E-state index in [0.717, 1.165) is 10.2 Å². The van der Waals surface area contributed by atoms with Crippen LogP contribution < -0.4 is 10.6 Å². The second kappa shape index (κ2) is 5.95. The SMILES string of the molecule is CC(C)(C)OC(=O)N1CCC2(CC1)NC(=O)c1cc(Br)ccc1N2. The number of ether oxygens (including phenoxy) is 1. The lowest BCUT2D eigenvalue weighted by atomic mass is 9.92. The molecule has 2 heterocycles. The van der Waals surface area contributed by atoms with Gasteiger partial charge in [-0.1, -0.05) is 15.9 Å². The van der Waals surface area contributed by atoms with Crippen LogP contribution in [0, 0.1) is 0 Å². The van der Waals surface area contributed by atoms with E-state index in [2.05, 4.69) is 26.6 Å². The number of halogens is 1. The Hall–Kier alpha value is -1.76. The van der Waals surface area contributed by atoms with Gasteiger partial charge in [-0.3, -0.25) is 4.79 Å². The van der Waals surface area contributed by atoms with Crippen molar-refractivity contribution in [1.29, 1.82) is 0 Å². The van der Waals surface area contributed by atoms with Crippen molar-refractivity contribution in [3.8, 4) is 0 Å². The summed E-state index contributed by atoms with van der Waals surface area (Å²) in [5.74, 6) is -0.0873. The summed E-state index contributed by atoms with van der Waals surface area (Å²) in [5, 5.41) is 6.52. The van der Waals surface area contributed by atoms with Crippen LogP contribution in [0.1, 0.15) is 44.0 Å². The molecule has 0 saturated carbocycles. The monoisotopic (exact) mass is 395 g/mol. The number of likely N-dealkylation sites (tertiary alicyclic amines) is 1. The molecule has 2 amide bonds. The van der Waals surface area contributed by atoms with Crippen molar-refractivity contribution in [1.82, 2.24) is 10.2 Å². The molecule has 1 spiro atoms. The number of fused-ring (bicyclic) bond motifs is 1. The third-order valence-corrected chi connectivity index (χ3v) is 4.71. The molecule has 2 aliphatic rings. The van der Waals surface area contributed by atoms with E-state index in [1.807, 2.05) is 32.9 Å². The van der Waals surface area contributed by atoms with Crippen LogP contribution in [0.2, 0.25) is 0 Å². The molecular weight excluding hydrogens is 374 g/mol. The Morgan fingerprint density at radius 3 is 2.54 bits per heavy atom. The Bertz CT molecular complexity index is 676. The van der Waals surface area contributed by atoms with Crippen LogP contribution >= 0.6 is 15.9 Å². The largest absolute Gasteiger partial charge is 0.444 e. The van der Waals surface area contributed by atoms with E-state index in [0.29, 0.717) is 31.5 Å². The van der Waals surface area contributed by atoms with Gasteiger partial charge in [0.05, 0.1) is 5.56 Å². The maximum atomic E-state index is 12.4. The second-order valence-corrected chi connectivity index (χ2v) is 8.23. The van der Waals surface area contributed by atoms with Crippen molar-refractivity contribution in [2.45, 2.75) is 44.9 Å². The van der Waals surface area contributed by atoms with Gasteiger partial charge in [-0.25, -0.2) is 4.79 Å². The molecule has 0 atom stereocenters. The Morgan fingerprint density at radius 2 is 1.92 bits per heavy atom. The highest BCUT2D eigenvalue weighted by atomic mass is 79.9. The van der Waals surface area contributed by atoms with Gasteiger partial charge in [0.25, 0.3) is 5.91 Å². The number of hydrogen-bond donors (Lipinski definition) is 2. The molecule has 1 saturated heterocycles. The zero-order chi connectivity index (χ0) is 17.5. The summed E-state index contributed by atoms with van der Waals surface area (Å²) in [6, 6.07) is 5.62. The highest BCUT2D eigenvalue weighted by Crippen LogP contribution is 2.33. The van der Waals surface area contributed by atoms with E-state index in [1.165, 1.54) is 0 Å². The van der Waals surface area contributed by atoms with Gasteiger partial charge in [0, 0.05) is 36.1 Å². The quantitative estimate of drug-likeness (QED) is 0.706. The van der Waals surface area contributed by atoms with Crippen molar-refractivity contribution in [2.24, 2.45) is 0 Å². The first-order valence-electron chi connectivity index (χ1n) is 8.06. The number of carbonyl (C=O) groups is 2. The molecule has 6 nitrogen and oxygen atoms in total. The minimum Gasteiger partial charge on any atom is -0.444 e. The lowest BCUT2D eigenvalue weighted by molar-refractivity contribution is 0.0163. The van der Waals surface area contributed by atoms with E-state index in [9.17, 15) is 9.59 Å². The number of carbonyl (C=O) groups excluding carboxylic acids is 2. The highest BCUT2D eigenvalue weighted by molar-refractivity contribution is 9.10. The molecule has 1 aromatic rings. The van der Waals surface area contributed by atoms with Crippen molar-refractivity contribution < 1.29 is 14.3 Å². The third kappa shape index (κ3) is 3.50. The van der Waals surface area contributed by atoms with Crippen LogP contribution in [0.3, 0.4) is 0 Å². The molecule has 3 rings (SSSR count). The van der Waals surface area contributed by atoms with Crippen molar-refractivity contribution in [2.75, 3.05) is 18.4 Å². The maximum absolute atomic E-state index is 12.4. The number of nitrogens with one attached hydrogen (secondary N) is 2. The zero-order valence-electron chi connectivity index (χ0n) is 14.1. The smallest absolute Gasteiger partial charge is 0.410 e. The van der Waals surface area contributed by atoms with E-state index in [1.54, 1.807) is 11.0 Å². The predicted octanol–water partition coefficient (Wildman–Crippen LogP) is 3.33. The van der Waals surface area contributed by atoms with Gasteiger partial charge < -0.3 is 20.3 Å². The summed E-state index contributed by atoms with van der Waals surface area (Å²) < 4.78 is 6.29. The van der Waals surface area contributed by atoms with Crippen molar-refractivity contribution in [3.63, 3.8) is 0 Å². The number of rotatable bonds is 0. The number of hydrogen-bond acceptors (Lipinski definition) is 4. The fraction of sp³-hybridized carbons (Fsp3) is 0.529. The van der Waals surface area contributed by atoms with Crippen LogP contribution in [0.25, 0.3) is 0 Å². The van der Waals surface area contributed by atoms with Gasteiger partial charge in [-0.15, -0.1) is 0 Å². The van der Waals surface area contributed by atoms with E-state index < -0.39 is 11.3 Å². The topological polar surface area (TPSA) is 70.7 Å². The predicted molar refractivity (Wildman–Crippen MR) is 95.0 cm³/mol. The van der Waals surface area contributed by atoms with Gasteiger partial charge in [-0.05, 0) is 39.0 Å².